The molecule has 1 aromatic heterocycles. The molecule has 1 aromatic carbocycles. The van der Waals surface area contributed by atoms with E-state index in [0.29, 0.717) is 0 Å². The van der Waals surface area contributed by atoms with Crippen LogP contribution < -0.4 is 5.73 Å². The van der Waals surface area contributed by atoms with Crippen molar-refractivity contribution in [3.05, 3.63) is 52.8 Å². The van der Waals surface area contributed by atoms with Crippen LogP contribution in [-0.4, -0.2) is 16.3 Å². The Kier molecular flexibility index (Phi) is 4.15. The standard InChI is InChI=1S/C15H21N3/c1-12-15(9-6-10-16)13(2)18(17-12)11-14-7-4-3-5-8-14/h3-5,7-8H,6,9-11,16H2,1-2H3. The van der Waals surface area contributed by atoms with Gasteiger partial charge in [0.25, 0.3) is 0 Å². The van der Waals surface area contributed by atoms with Gasteiger partial charge in [0, 0.05) is 5.69 Å². The molecule has 0 fully saturated rings. The lowest BCUT2D eigenvalue weighted by Gasteiger charge is -2.05. The second kappa shape index (κ2) is 5.83. The minimum atomic E-state index is 0.739. The Morgan fingerprint density at radius 1 is 1.17 bits per heavy atom. The van der Waals surface area contributed by atoms with Crippen molar-refractivity contribution >= 4 is 0 Å². The van der Waals surface area contributed by atoms with Crippen molar-refractivity contribution < 1.29 is 0 Å². The Bertz CT molecular complexity index is 500. The van der Waals surface area contributed by atoms with Crippen molar-refractivity contribution in [1.82, 2.24) is 9.78 Å². The molecule has 0 amide bonds. The van der Waals surface area contributed by atoms with Crippen molar-refractivity contribution in [2.24, 2.45) is 5.73 Å². The lowest BCUT2D eigenvalue weighted by molar-refractivity contribution is 0.657. The number of aryl methyl sites for hydroxylation is 1. The maximum absolute atomic E-state index is 5.58. The number of aromatic nitrogens is 2. The van der Waals surface area contributed by atoms with Gasteiger partial charge in [0.1, 0.15) is 0 Å². The monoisotopic (exact) mass is 243 g/mol. The summed E-state index contributed by atoms with van der Waals surface area (Å²) in [6, 6.07) is 10.4. The van der Waals surface area contributed by atoms with Crippen LogP contribution in [-0.2, 0) is 13.0 Å². The molecule has 96 valence electrons. The quantitative estimate of drug-likeness (QED) is 0.876. The van der Waals surface area contributed by atoms with E-state index < -0.39 is 0 Å². The van der Waals surface area contributed by atoms with Gasteiger partial charge in [-0.05, 0) is 44.4 Å². The molecule has 0 saturated carbocycles. The maximum Gasteiger partial charge on any atom is 0.0662 e. The Hall–Kier alpha value is -1.61. The molecule has 18 heavy (non-hydrogen) atoms. The first kappa shape index (κ1) is 12.8. The Morgan fingerprint density at radius 3 is 2.56 bits per heavy atom. The number of nitrogens with two attached hydrogens (primary N) is 1. The number of hydrogen-bond donors (Lipinski definition) is 1. The molecule has 0 spiro atoms. The van der Waals surface area contributed by atoms with E-state index >= 15 is 0 Å². The average molecular weight is 243 g/mol. The largest absolute Gasteiger partial charge is 0.330 e. The van der Waals surface area contributed by atoms with Crippen molar-refractivity contribution in [2.45, 2.75) is 33.2 Å². The van der Waals surface area contributed by atoms with Crippen LogP contribution >= 0.6 is 0 Å². The molecular weight excluding hydrogens is 222 g/mol. The molecule has 3 nitrogen and oxygen atoms in total. The van der Waals surface area contributed by atoms with E-state index in [0.717, 1.165) is 31.6 Å². The number of nitrogens with zero attached hydrogens (tertiary/aromatic N) is 2. The first-order valence-electron chi connectivity index (χ1n) is 6.49. The molecule has 2 rings (SSSR count). The van der Waals surface area contributed by atoms with Crippen LogP contribution in [0.1, 0.15) is 28.9 Å². The lowest BCUT2D eigenvalue weighted by atomic mass is 10.1. The zero-order chi connectivity index (χ0) is 13.0. The van der Waals surface area contributed by atoms with Crippen LogP contribution in [0.15, 0.2) is 30.3 Å². The Balaban J connectivity index is 2.19. The average Bonchev–Trinajstić information content (AvgIpc) is 2.64. The van der Waals surface area contributed by atoms with Gasteiger partial charge in [0.15, 0.2) is 0 Å². The van der Waals surface area contributed by atoms with Gasteiger partial charge >= 0.3 is 0 Å². The first-order chi connectivity index (χ1) is 8.72. The summed E-state index contributed by atoms with van der Waals surface area (Å²) in [7, 11) is 0. The van der Waals surface area contributed by atoms with Crippen LogP contribution in [0.5, 0.6) is 0 Å². The Labute approximate surface area is 109 Å². The number of hydrogen-bond acceptors (Lipinski definition) is 2. The lowest BCUT2D eigenvalue weighted by Crippen LogP contribution is -2.05. The second-order valence-electron chi connectivity index (χ2n) is 4.68. The number of benzene rings is 1. The third-order valence-electron chi connectivity index (χ3n) is 3.34. The molecule has 0 unspecified atom stereocenters. The molecule has 0 radical (unpaired) electrons. The van der Waals surface area contributed by atoms with Crippen LogP contribution in [0.2, 0.25) is 0 Å². The first-order valence-corrected chi connectivity index (χ1v) is 6.49. The van der Waals surface area contributed by atoms with Crippen LogP contribution in [0.4, 0.5) is 0 Å². The van der Waals surface area contributed by atoms with Crippen molar-refractivity contribution in [2.75, 3.05) is 6.54 Å². The third-order valence-corrected chi connectivity index (χ3v) is 3.34. The molecule has 0 saturated heterocycles. The van der Waals surface area contributed by atoms with E-state index in [1.54, 1.807) is 0 Å². The molecule has 0 aliphatic heterocycles. The fraction of sp³-hybridized carbons (Fsp3) is 0.400. The zero-order valence-corrected chi connectivity index (χ0v) is 11.2. The highest BCUT2D eigenvalue weighted by Crippen LogP contribution is 2.16. The highest BCUT2D eigenvalue weighted by atomic mass is 15.3. The molecule has 3 heteroatoms. The van der Waals surface area contributed by atoms with Gasteiger partial charge in [-0.2, -0.15) is 5.10 Å². The summed E-state index contributed by atoms with van der Waals surface area (Å²) in [5.41, 5.74) is 10.6. The van der Waals surface area contributed by atoms with E-state index in [1.165, 1.54) is 16.8 Å². The molecule has 1 heterocycles. The van der Waals surface area contributed by atoms with Gasteiger partial charge in [-0.1, -0.05) is 30.3 Å². The van der Waals surface area contributed by atoms with Gasteiger partial charge in [-0.25, -0.2) is 0 Å². The fourth-order valence-corrected chi connectivity index (χ4v) is 2.28. The van der Waals surface area contributed by atoms with Gasteiger partial charge in [-0.3, -0.25) is 4.68 Å². The fourth-order valence-electron chi connectivity index (χ4n) is 2.28. The SMILES string of the molecule is Cc1nn(Cc2ccccc2)c(C)c1CCCN. The normalized spacial score (nSPS) is 10.8. The summed E-state index contributed by atoms with van der Waals surface area (Å²) in [6.07, 6.45) is 2.06. The predicted molar refractivity (Wildman–Crippen MR) is 74.6 cm³/mol. The molecule has 2 N–H and O–H groups in total. The van der Waals surface area contributed by atoms with E-state index in [-0.39, 0.29) is 0 Å². The van der Waals surface area contributed by atoms with Gasteiger partial charge in [0.2, 0.25) is 0 Å². The van der Waals surface area contributed by atoms with Gasteiger partial charge in [-0.15, -0.1) is 0 Å². The molecule has 2 aromatic rings. The van der Waals surface area contributed by atoms with Gasteiger partial charge in [0.05, 0.1) is 12.2 Å². The minimum absolute atomic E-state index is 0.739. The zero-order valence-electron chi connectivity index (χ0n) is 11.2. The maximum atomic E-state index is 5.58. The van der Waals surface area contributed by atoms with Crippen molar-refractivity contribution in [3.8, 4) is 0 Å². The van der Waals surface area contributed by atoms with E-state index in [2.05, 4.69) is 47.9 Å². The summed E-state index contributed by atoms with van der Waals surface area (Å²) >= 11 is 0. The Morgan fingerprint density at radius 2 is 1.89 bits per heavy atom. The van der Waals surface area contributed by atoms with Crippen LogP contribution in [0, 0.1) is 13.8 Å². The second-order valence-corrected chi connectivity index (χ2v) is 4.68. The molecule has 0 atom stereocenters. The van der Waals surface area contributed by atoms with Gasteiger partial charge < -0.3 is 5.73 Å². The third kappa shape index (κ3) is 2.79. The topological polar surface area (TPSA) is 43.8 Å². The van der Waals surface area contributed by atoms with E-state index in [4.69, 9.17) is 5.73 Å². The summed E-state index contributed by atoms with van der Waals surface area (Å²) in [4.78, 5) is 0. The van der Waals surface area contributed by atoms with E-state index in [9.17, 15) is 0 Å². The van der Waals surface area contributed by atoms with Crippen LogP contribution in [0.3, 0.4) is 0 Å². The van der Waals surface area contributed by atoms with E-state index in [1.807, 2.05) is 6.07 Å². The summed E-state index contributed by atoms with van der Waals surface area (Å²) in [5, 5.41) is 4.63. The summed E-state index contributed by atoms with van der Waals surface area (Å²) < 4.78 is 2.09. The predicted octanol–water partition coefficient (Wildman–Crippen LogP) is 2.44. The molecule has 0 aliphatic rings. The molecular formula is C15H21N3. The number of rotatable bonds is 5. The van der Waals surface area contributed by atoms with Crippen molar-refractivity contribution in [3.63, 3.8) is 0 Å². The highest BCUT2D eigenvalue weighted by molar-refractivity contribution is 5.26. The summed E-state index contributed by atoms with van der Waals surface area (Å²) in [5.74, 6) is 0. The summed E-state index contributed by atoms with van der Waals surface area (Å²) in [6.45, 7) is 5.81. The minimum Gasteiger partial charge on any atom is -0.330 e. The van der Waals surface area contributed by atoms with Crippen molar-refractivity contribution in [1.29, 1.82) is 0 Å². The van der Waals surface area contributed by atoms with Crippen LogP contribution in [0.25, 0.3) is 0 Å². The molecule has 0 aliphatic carbocycles. The smallest absolute Gasteiger partial charge is 0.0662 e. The highest BCUT2D eigenvalue weighted by Gasteiger charge is 2.10. The molecule has 0 bridgehead atoms.